The molecule has 0 unspecified atom stereocenters. The van der Waals surface area contributed by atoms with Crippen LogP contribution in [0.1, 0.15) is 23.6 Å². The molecule has 1 saturated heterocycles. The van der Waals surface area contributed by atoms with Crippen molar-refractivity contribution in [1.29, 1.82) is 0 Å². The molecular formula is C25H20N2O4. The standard InChI is InChI=1S/C25H20N2O4/c1-15-10-11-19-17(13-22(28)31-21(19)12-15)14-27-23(29)25(2,26-24(27)30)20-9-5-7-16-6-3-4-8-18(16)20/h3-13H,14H2,1-2H3,(H,26,30)/t25-/m0/s1. The highest BCUT2D eigenvalue weighted by molar-refractivity contribution is 6.09. The second-order valence-electron chi connectivity index (χ2n) is 8.06. The van der Waals surface area contributed by atoms with E-state index < -0.39 is 17.2 Å². The third kappa shape index (κ3) is 2.99. The smallest absolute Gasteiger partial charge is 0.336 e. The van der Waals surface area contributed by atoms with Crippen LogP contribution < -0.4 is 10.9 Å². The zero-order valence-corrected chi connectivity index (χ0v) is 17.1. The van der Waals surface area contributed by atoms with E-state index in [1.54, 1.807) is 13.0 Å². The van der Waals surface area contributed by atoms with Gasteiger partial charge in [-0.15, -0.1) is 0 Å². The lowest BCUT2D eigenvalue weighted by molar-refractivity contribution is -0.131. The lowest BCUT2D eigenvalue weighted by atomic mass is 9.87. The number of nitrogens with one attached hydrogen (secondary N) is 1. The number of amides is 3. The maximum Gasteiger partial charge on any atom is 0.336 e. The van der Waals surface area contributed by atoms with Crippen molar-refractivity contribution < 1.29 is 14.0 Å². The van der Waals surface area contributed by atoms with Crippen LogP contribution in [0.5, 0.6) is 0 Å². The van der Waals surface area contributed by atoms with Crippen molar-refractivity contribution in [3.8, 4) is 0 Å². The normalized spacial score (nSPS) is 18.7. The average Bonchev–Trinajstić information content (AvgIpc) is 2.96. The molecule has 6 heteroatoms. The molecule has 1 aromatic heterocycles. The van der Waals surface area contributed by atoms with E-state index in [1.165, 1.54) is 6.07 Å². The van der Waals surface area contributed by atoms with Gasteiger partial charge in [0.05, 0.1) is 6.54 Å². The average molecular weight is 412 g/mol. The van der Waals surface area contributed by atoms with Crippen molar-refractivity contribution in [2.24, 2.45) is 0 Å². The minimum Gasteiger partial charge on any atom is -0.423 e. The Hall–Kier alpha value is -3.93. The molecule has 1 fully saturated rings. The SMILES string of the molecule is Cc1ccc2c(CN3C(=O)N[C@@](C)(c4cccc5ccccc45)C3=O)cc(=O)oc2c1. The molecule has 1 aliphatic rings. The molecule has 31 heavy (non-hydrogen) atoms. The van der Waals surface area contributed by atoms with Gasteiger partial charge in [-0.3, -0.25) is 9.69 Å². The van der Waals surface area contributed by atoms with Gasteiger partial charge in [-0.25, -0.2) is 9.59 Å². The highest BCUT2D eigenvalue weighted by Gasteiger charge is 2.49. The maximum absolute atomic E-state index is 13.5. The van der Waals surface area contributed by atoms with Crippen LogP contribution in [-0.4, -0.2) is 16.8 Å². The Morgan fingerprint density at radius 1 is 0.935 bits per heavy atom. The Labute approximate surface area is 178 Å². The maximum atomic E-state index is 13.5. The number of carbonyl (C=O) groups excluding carboxylic acids is 2. The van der Waals surface area contributed by atoms with Gasteiger partial charge in [-0.05, 0) is 47.4 Å². The van der Waals surface area contributed by atoms with Gasteiger partial charge in [0, 0.05) is 11.5 Å². The molecule has 2 heterocycles. The van der Waals surface area contributed by atoms with Crippen LogP contribution in [0.25, 0.3) is 21.7 Å². The van der Waals surface area contributed by atoms with Crippen molar-refractivity contribution in [2.75, 3.05) is 0 Å². The molecule has 1 aliphatic heterocycles. The first-order valence-electron chi connectivity index (χ1n) is 10.0. The summed E-state index contributed by atoms with van der Waals surface area (Å²) >= 11 is 0. The first kappa shape index (κ1) is 19.1. The van der Waals surface area contributed by atoms with Crippen molar-refractivity contribution in [2.45, 2.75) is 25.9 Å². The molecule has 0 radical (unpaired) electrons. The van der Waals surface area contributed by atoms with Gasteiger partial charge in [0.25, 0.3) is 5.91 Å². The zero-order valence-electron chi connectivity index (χ0n) is 17.1. The molecule has 4 aromatic rings. The van der Waals surface area contributed by atoms with Gasteiger partial charge >= 0.3 is 11.7 Å². The summed E-state index contributed by atoms with van der Waals surface area (Å²) in [6.45, 7) is 3.60. The van der Waals surface area contributed by atoms with Crippen LogP contribution >= 0.6 is 0 Å². The second-order valence-corrected chi connectivity index (χ2v) is 8.06. The highest BCUT2D eigenvalue weighted by Crippen LogP contribution is 2.34. The highest BCUT2D eigenvalue weighted by atomic mass is 16.4. The topological polar surface area (TPSA) is 79.6 Å². The molecule has 0 bridgehead atoms. The van der Waals surface area contributed by atoms with Crippen molar-refractivity contribution >= 4 is 33.7 Å². The predicted molar refractivity (Wildman–Crippen MR) is 118 cm³/mol. The minimum atomic E-state index is -1.20. The Morgan fingerprint density at radius 2 is 1.71 bits per heavy atom. The van der Waals surface area contributed by atoms with Crippen molar-refractivity contribution in [3.05, 3.63) is 93.8 Å². The lowest BCUT2D eigenvalue weighted by Gasteiger charge is -2.24. The summed E-state index contributed by atoms with van der Waals surface area (Å²) in [6.07, 6.45) is 0. The van der Waals surface area contributed by atoms with E-state index in [1.807, 2.05) is 61.5 Å². The number of hydrogen-bond donors (Lipinski definition) is 1. The largest absolute Gasteiger partial charge is 0.423 e. The summed E-state index contributed by atoms with van der Waals surface area (Å²) in [5.41, 5.74) is 0.968. The van der Waals surface area contributed by atoms with Gasteiger partial charge in [0.2, 0.25) is 0 Å². The summed E-state index contributed by atoms with van der Waals surface area (Å²) in [5, 5.41) is 5.46. The second kappa shape index (κ2) is 6.80. The Morgan fingerprint density at radius 3 is 2.55 bits per heavy atom. The lowest BCUT2D eigenvalue weighted by Crippen LogP contribution is -2.41. The van der Waals surface area contributed by atoms with Gasteiger partial charge in [-0.1, -0.05) is 54.6 Å². The van der Waals surface area contributed by atoms with Gasteiger partial charge in [0.1, 0.15) is 11.1 Å². The van der Waals surface area contributed by atoms with Crippen LogP contribution in [0, 0.1) is 6.92 Å². The summed E-state index contributed by atoms with van der Waals surface area (Å²) in [5.74, 6) is -0.359. The molecule has 154 valence electrons. The molecular weight excluding hydrogens is 392 g/mol. The van der Waals surface area contributed by atoms with Crippen molar-refractivity contribution in [3.63, 3.8) is 0 Å². The Bertz CT molecular complexity index is 1430. The van der Waals surface area contributed by atoms with E-state index in [2.05, 4.69) is 5.32 Å². The van der Waals surface area contributed by atoms with E-state index in [-0.39, 0.29) is 12.5 Å². The Kier molecular flexibility index (Phi) is 4.18. The Balaban J connectivity index is 1.57. The number of rotatable bonds is 3. The third-order valence-electron chi connectivity index (χ3n) is 5.92. The molecule has 0 aliphatic carbocycles. The first-order chi connectivity index (χ1) is 14.9. The van der Waals surface area contributed by atoms with Crippen LogP contribution in [0.3, 0.4) is 0 Å². The molecule has 0 saturated carbocycles. The van der Waals surface area contributed by atoms with E-state index in [9.17, 15) is 14.4 Å². The summed E-state index contributed by atoms with van der Waals surface area (Å²) in [4.78, 5) is 39.6. The van der Waals surface area contributed by atoms with Crippen molar-refractivity contribution in [1.82, 2.24) is 10.2 Å². The minimum absolute atomic E-state index is 0.0177. The predicted octanol–water partition coefficient (Wildman–Crippen LogP) is 4.22. The summed E-state index contributed by atoms with van der Waals surface area (Å²) in [7, 11) is 0. The fourth-order valence-corrected chi connectivity index (χ4v) is 4.32. The van der Waals surface area contributed by atoms with Crippen LogP contribution in [-0.2, 0) is 16.9 Å². The molecule has 1 N–H and O–H groups in total. The molecule has 5 rings (SSSR count). The fourth-order valence-electron chi connectivity index (χ4n) is 4.32. The number of hydrogen-bond acceptors (Lipinski definition) is 4. The van der Waals surface area contributed by atoms with E-state index in [0.717, 1.165) is 26.8 Å². The van der Waals surface area contributed by atoms with Crippen LogP contribution in [0.4, 0.5) is 4.79 Å². The molecule has 0 spiro atoms. The summed E-state index contributed by atoms with van der Waals surface area (Å²) < 4.78 is 5.30. The number of nitrogens with zero attached hydrogens (tertiary/aromatic N) is 1. The molecule has 6 nitrogen and oxygen atoms in total. The summed E-state index contributed by atoms with van der Waals surface area (Å²) in [6, 6.07) is 19.8. The fraction of sp³-hybridized carbons (Fsp3) is 0.160. The number of fused-ring (bicyclic) bond motifs is 2. The van der Waals surface area contributed by atoms with E-state index in [4.69, 9.17) is 4.42 Å². The van der Waals surface area contributed by atoms with Gasteiger partial charge in [0.15, 0.2) is 0 Å². The van der Waals surface area contributed by atoms with Gasteiger partial charge < -0.3 is 9.73 Å². The van der Waals surface area contributed by atoms with Crippen LogP contribution in [0.2, 0.25) is 0 Å². The van der Waals surface area contributed by atoms with E-state index in [0.29, 0.717) is 16.5 Å². The monoisotopic (exact) mass is 412 g/mol. The van der Waals surface area contributed by atoms with Gasteiger partial charge in [-0.2, -0.15) is 0 Å². The molecule has 1 atom stereocenters. The number of imide groups is 1. The molecule has 3 aromatic carbocycles. The quantitative estimate of drug-likeness (QED) is 0.404. The third-order valence-corrected chi connectivity index (χ3v) is 5.92. The number of aryl methyl sites for hydroxylation is 1. The number of benzene rings is 3. The number of urea groups is 1. The number of carbonyl (C=O) groups is 2. The zero-order chi connectivity index (χ0) is 21.8. The molecule has 3 amide bonds. The first-order valence-corrected chi connectivity index (χ1v) is 10.0. The van der Waals surface area contributed by atoms with E-state index >= 15 is 0 Å². The van der Waals surface area contributed by atoms with Crippen LogP contribution in [0.15, 0.2) is 75.9 Å².